The number of alkyl halides is 3. The maximum Gasteiger partial charge on any atom is 0.433 e. The number of carbonyl (C=O) groups is 1. The third-order valence-electron chi connectivity index (χ3n) is 7.26. The molecule has 4 rings (SSSR count). The first kappa shape index (κ1) is 28.5. The van der Waals surface area contributed by atoms with E-state index in [1.165, 1.54) is 0 Å². The van der Waals surface area contributed by atoms with E-state index in [4.69, 9.17) is 4.74 Å². The second-order valence-electron chi connectivity index (χ2n) is 10.3. The van der Waals surface area contributed by atoms with Crippen molar-refractivity contribution in [2.45, 2.75) is 71.1 Å². The SMILES string of the molecule is CCCCOC(=O)[C@H]1CC[C@H](C(C)(O)c2cn(-c3cc(C)cc(Nc4nccc(C(F)(F)F)n4)c3)cn2)CC1. The normalized spacial score (nSPS) is 19.4. The number of ether oxygens (including phenoxy) is 1. The van der Waals surface area contributed by atoms with Gasteiger partial charge in [0.15, 0.2) is 0 Å². The molecule has 0 saturated heterocycles. The van der Waals surface area contributed by atoms with E-state index in [-0.39, 0.29) is 23.8 Å². The molecular formula is C28H34F3N5O3. The van der Waals surface area contributed by atoms with Gasteiger partial charge in [-0.2, -0.15) is 13.2 Å². The van der Waals surface area contributed by atoms with Crippen molar-refractivity contribution in [3.63, 3.8) is 0 Å². The first-order valence-electron chi connectivity index (χ1n) is 13.2. The van der Waals surface area contributed by atoms with Gasteiger partial charge in [-0.25, -0.2) is 15.0 Å². The summed E-state index contributed by atoms with van der Waals surface area (Å²) in [6, 6.07) is 6.23. The molecule has 1 aromatic carbocycles. The maximum absolute atomic E-state index is 13.0. The van der Waals surface area contributed by atoms with E-state index >= 15 is 0 Å². The van der Waals surface area contributed by atoms with Crippen molar-refractivity contribution >= 4 is 17.6 Å². The third kappa shape index (κ3) is 6.95. The van der Waals surface area contributed by atoms with Crippen molar-refractivity contribution in [1.29, 1.82) is 0 Å². The van der Waals surface area contributed by atoms with Crippen molar-refractivity contribution < 1.29 is 27.8 Å². The van der Waals surface area contributed by atoms with Crippen molar-refractivity contribution in [2.75, 3.05) is 11.9 Å². The lowest BCUT2D eigenvalue weighted by atomic mass is 9.73. The number of aryl methyl sites for hydroxylation is 1. The van der Waals surface area contributed by atoms with E-state index in [9.17, 15) is 23.1 Å². The van der Waals surface area contributed by atoms with Gasteiger partial charge in [0, 0.05) is 23.8 Å². The third-order valence-corrected chi connectivity index (χ3v) is 7.26. The van der Waals surface area contributed by atoms with Crippen LogP contribution in [0.1, 0.15) is 69.3 Å². The minimum absolute atomic E-state index is 0.0617. The van der Waals surface area contributed by atoms with Crippen LogP contribution in [-0.4, -0.2) is 37.2 Å². The first-order valence-corrected chi connectivity index (χ1v) is 13.2. The Balaban J connectivity index is 1.45. The molecule has 210 valence electrons. The lowest BCUT2D eigenvalue weighted by molar-refractivity contribution is -0.151. The standard InChI is InChI=1S/C28H34F3N5O3/c1-4-5-12-39-25(37)19-6-8-20(9-7-19)27(3,38)24-16-36(17-33-24)22-14-18(2)13-21(15-22)34-26-32-11-10-23(35-26)28(29,30)31/h10-11,13-17,19-20,38H,4-9,12H2,1-3H3,(H,32,34,35)/t19-,20-,27?. The first-order chi connectivity index (χ1) is 18.5. The van der Waals surface area contributed by atoms with Crippen LogP contribution in [0.2, 0.25) is 0 Å². The van der Waals surface area contributed by atoms with Crippen LogP contribution >= 0.6 is 0 Å². The number of benzene rings is 1. The molecule has 0 aliphatic heterocycles. The molecule has 1 aliphatic rings. The fraction of sp³-hybridized carbons (Fsp3) is 0.500. The quantitative estimate of drug-likeness (QED) is 0.248. The molecule has 2 heterocycles. The number of esters is 1. The summed E-state index contributed by atoms with van der Waals surface area (Å²) in [7, 11) is 0. The fourth-order valence-electron chi connectivity index (χ4n) is 4.95. The van der Waals surface area contributed by atoms with Gasteiger partial charge in [-0.1, -0.05) is 13.3 Å². The average molecular weight is 546 g/mol. The molecule has 11 heteroatoms. The Labute approximate surface area is 225 Å². The highest BCUT2D eigenvalue weighted by atomic mass is 19.4. The second kappa shape index (κ2) is 11.7. The molecule has 1 atom stereocenters. The summed E-state index contributed by atoms with van der Waals surface area (Å²) in [5, 5.41) is 14.3. The van der Waals surface area contributed by atoms with E-state index in [0.29, 0.717) is 49.4 Å². The summed E-state index contributed by atoms with van der Waals surface area (Å²) in [4.78, 5) is 24.3. The highest BCUT2D eigenvalue weighted by Gasteiger charge is 2.40. The summed E-state index contributed by atoms with van der Waals surface area (Å²) in [6.45, 7) is 6.11. The predicted molar refractivity (Wildman–Crippen MR) is 140 cm³/mol. The van der Waals surface area contributed by atoms with Crippen LogP contribution in [0.5, 0.6) is 0 Å². The van der Waals surface area contributed by atoms with Crippen molar-refractivity contribution in [2.24, 2.45) is 11.8 Å². The molecule has 0 bridgehead atoms. The molecule has 39 heavy (non-hydrogen) atoms. The molecular weight excluding hydrogens is 511 g/mol. The minimum Gasteiger partial charge on any atom is -0.465 e. The number of nitrogens with zero attached hydrogens (tertiary/aromatic N) is 4. The molecule has 2 aromatic heterocycles. The van der Waals surface area contributed by atoms with E-state index in [2.05, 4.69) is 20.3 Å². The van der Waals surface area contributed by atoms with E-state index in [0.717, 1.165) is 30.7 Å². The number of rotatable bonds is 9. The minimum atomic E-state index is -4.57. The Morgan fingerprint density at radius 3 is 2.59 bits per heavy atom. The van der Waals surface area contributed by atoms with Gasteiger partial charge in [0.25, 0.3) is 0 Å². The fourth-order valence-corrected chi connectivity index (χ4v) is 4.95. The number of anilines is 2. The second-order valence-corrected chi connectivity index (χ2v) is 10.3. The Bertz CT molecular complexity index is 1280. The molecule has 1 fully saturated rings. The van der Waals surface area contributed by atoms with Crippen LogP contribution < -0.4 is 5.32 Å². The Morgan fingerprint density at radius 1 is 1.15 bits per heavy atom. The van der Waals surface area contributed by atoms with Gasteiger partial charge in [-0.05, 0) is 81.7 Å². The number of imidazole rings is 1. The number of carbonyl (C=O) groups excluding carboxylic acids is 1. The van der Waals surface area contributed by atoms with Gasteiger partial charge in [0.2, 0.25) is 5.95 Å². The number of unbranched alkanes of at least 4 members (excludes halogenated alkanes) is 1. The lowest BCUT2D eigenvalue weighted by Crippen LogP contribution is -2.36. The van der Waals surface area contributed by atoms with Crippen LogP contribution in [-0.2, 0) is 21.3 Å². The Morgan fingerprint density at radius 2 is 1.90 bits per heavy atom. The molecule has 3 aromatic rings. The van der Waals surface area contributed by atoms with Crippen LogP contribution in [0.4, 0.5) is 24.8 Å². The zero-order valence-corrected chi connectivity index (χ0v) is 22.3. The van der Waals surface area contributed by atoms with Crippen molar-refractivity contribution in [3.05, 3.63) is 59.9 Å². The molecule has 1 saturated carbocycles. The average Bonchev–Trinajstić information content (AvgIpc) is 3.40. The van der Waals surface area contributed by atoms with Gasteiger partial charge in [0.1, 0.15) is 11.3 Å². The molecule has 0 radical (unpaired) electrons. The highest BCUT2D eigenvalue weighted by molar-refractivity contribution is 5.72. The number of nitrogens with one attached hydrogen (secondary N) is 1. The van der Waals surface area contributed by atoms with Crippen LogP contribution in [0.3, 0.4) is 0 Å². The van der Waals surface area contributed by atoms with Gasteiger partial charge in [-0.3, -0.25) is 4.79 Å². The smallest absolute Gasteiger partial charge is 0.433 e. The van der Waals surface area contributed by atoms with E-state index < -0.39 is 17.5 Å². The predicted octanol–water partition coefficient (Wildman–Crippen LogP) is 6.09. The highest BCUT2D eigenvalue weighted by Crippen LogP contribution is 2.41. The van der Waals surface area contributed by atoms with Gasteiger partial charge < -0.3 is 19.7 Å². The maximum atomic E-state index is 13.0. The molecule has 0 amide bonds. The summed E-state index contributed by atoms with van der Waals surface area (Å²) in [5.41, 5.74) is 0.352. The summed E-state index contributed by atoms with van der Waals surface area (Å²) >= 11 is 0. The molecule has 8 nitrogen and oxygen atoms in total. The van der Waals surface area contributed by atoms with Gasteiger partial charge >= 0.3 is 12.1 Å². The number of hydrogen-bond acceptors (Lipinski definition) is 7. The summed E-state index contributed by atoms with van der Waals surface area (Å²) in [6.07, 6.45) is 4.36. The molecule has 2 N–H and O–H groups in total. The largest absolute Gasteiger partial charge is 0.465 e. The van der Waals surface area contributed by atoms with Crippen molar-refractivity contribution in [3.8, 4) is 5.69 Å². The van der Waals surface area contributed by atoms with Crippen LogP contribution in [0.25, 0.3) is 5.69 Å². The van der Waals surface area contributed by atoms with Gasteiger partial charge in [-0.15, -0.1) is 0 Å². The van der Waals surface area contributed by atoms with E-state index in [1.807, 2.05) is 19.9 Å². The number of aromatic nitrogens is 4. The number of halogens is 3. The lowest BCUT2D eigenvalue weighted by Gasteiger charge is -2.36. The Kier molecular flexibility index (Phi) is 8.58. The summed E-state index contributed by atoms with van der Waals surface area (Å²) < 4.78 is 46.2. The monoisotopic (exact) mass is 545 g/mol. The molecule has 1 aliphatic carbocycles. The summed E-state index contributed by atoms with van der Waals surface area (Å²) in [5.74, 6) is -0.510. The van der Waals surface area contributed by atoms with E-state index in [1.54, 1.807) is 36.1 Å². The van der Waals surface area contributed by atoms with Crippen LogP contribution in [0, 0.1) is 18.8 Å². The Hall–Kier alpha value is -3.47. The zero-order chi connectivity index (χ0) is 28.2. The van der Waals surface area contributed by atoms with Gasteiger partial charge in [0.05, 0.1) is 24.5 Å². The topological polar surface area (TPSA) is 102 Å². The number of aliphatic hydroxyl groups is 1. The zero-order valence-electron chi connectivity index (χ0n) is 22.3. The number of hydrogen-bond donors (Lipinski definition) is 2. The van der Waals surface area contributed by atoms with Crippen molar-refractivity contribution in [1.82, 2.24) is 19.5 Å². The molecule has 0 spiro atoms. The van der Waals surface area contributed by atoms with Crippen LogP contribution in [0.15, 0.2) is 43.0 Å². The molecule has 1 unspecified atom stereocenters.